The van der Waals surface area contributed by atoms with Crippen molar-refractivity contribution in [3.63, 3.8) is 0 Å². The molecule has 1 atom stereocenters. The van der Waals surface area contributed by atoms with Crippen molar-refractivity contribution in [3.05, 3.63) is 33.9 Å². The summed E-state index contributed by atoms with van der Waals surface area (Å²) >= 11 is 0. The molecule has 7 heteroatoms. The van der Waals surface area contributed by atoms with Crippen molar-refractivity contribution in [1.29, 1.82) is 5.26 Å². The Morgan fingerprint density at radius 1 is 1.65 bits per heavy atom. The predicted octanol–water partition coefficient (Wildman–Crippen LogP) is 1.68. The molecule has 1 N–H and O–H groups in total. The van der Waals surface area contributed by atoms with E-state index in [4.69, 9.17) is 14.7 Å². The molecule has 0 radical (unpaired) electrons. The Labute approximate surface area is 116 Å². The molecule has 7 nitrogen and oxygen atoms in total. The molecule has 1 unspecified atom stereocenters. The van der Waals surface area contributed by atoms with E-state index in [2.05, 4.69) is 5.32 Å². The second-order valence-electron chi connectivity index (χ2n) is 4.64. The number of benzene rings is 1. The Hall–Kier alpha value is -2.17. The zero-order valence-corrected chi connectivity index (χ0v) is 11.1. The summed E-state index contributed by atoms with van der Waals surface area (Å²) in [5.41, 5.74) is 0.113. The minimum Gasteiger partial charge on any atom is -0.382 e. The van der Waals surface area contributed by atoms with E-state index in [1.165, 1.54) is 12.1 Å². The van der Waals surface area contributed by atoms with Gasteiger partial charge in [-0.3, -0.25) is 10.1 Å². The number of hydrogen-bond donors (Lipinski definition) is 1. The summed E-state index contributed by atoms with van der Waals surface area (Å²) in [5.74, 6) is 0. The lowest BCUT2D eigenvalue weighted by molar-refractivity contribution is -0.385. The van der Waals surface area contributed by atoms with Crippen molar-refractivity contribution in [2.75, 3.05) is 32.2 Å². The molecule has 0 aliphatic carbocycles. The minimum atomic E-state index is -0.566. The van der Waals surface area contributed by atoms with Crippen molar-refractivity contribution < 1.29 is 14.4 Å². The van der Waals surface area contributed by atoms with E-state index in [0.29, 0.717) is 25.4 Å². The molecule has 1 aliphatic rings. The summed E-state index contributed by atoms with van der Waals surface area (Å²) in [6.07, 6.45) is 0.786. The van der Waals surface area contributed by atoms with Gasteiger partial charge in [0.2, 0.25) is 0 Å². The molecule has 0 bridgehead atoms. The van der Waals surface area contributed by atoms with Crippen molar-refractivity contribution >= 4 is 11.4 Å². The highest BCUT2D eigenvalue weighted by Crippen LogP contribution is 2.25. The largest absolute Gasteiger partial charge is 0.382 e. The number of nitro groups is 1. The number of hydrogen-bond acceptors (Lipinski definition) is 6. The van der Waals surface area contributed by atoms with Gasteiger partial charge in [-0.2, -0.15) is 5.26 Å². The Morgan fingerprint density at radius 2 is 2.45 bits per heavy atom. The van der Waals surface area contributed by atoms with Crippen LogP contribution in [0, 0.1) is 21.4 Å². The van der Waals surface area contributed by atoms with Gasteiger partial charge in [0.25, 0.3) is 5.69 Å². The first-order valence-electron chi connectivity index (χ1n) is 6.15. The standard InChI is InChI=1S/C13H15N3O4/c1-19-13(4-5-20-9-13)8-15-11-2-3-12(16(17)18)10(6-11)7-14/h2-3,6,15H,4-5,8-9H2,1H3. The number of anilines is 1. The van der Waals surface area contributed by atoms with Crippen LogP contribution in [-0.4, -0.2) is 37.4 Å². The Kier molecular flexibility index (Phi) is 4.17. The first kappa shape index (κ1) is 14.2. The van der Waals surface area contributed by atoms with E-state index in [-0.39, 0.29) is 16.9 Å². The smallest absolute Gasteiger partial charge is 0.287 e. The summed E-state index contributed by atoms with van der Waals surface area (Å²) in [5, 5.41) is 22.8. The van der Waals surface area contributed by atoms with Crippen LogP contribution >= 0.6 is 0 Å². The molecule has 1 aliphatic heterocycles. The van der Waals surface area contributed by atoms with Gasteiger partial charge in [0, 0.05) is 38.4 Å². The molecule has 1 fully saturated rings. The zero-order chi connectivity index (χ0) is 14.6. The summed E-state index contributed by atoms with van der Waals surface area (Å²) in [6, 6.07) is 6.21. The van der Waals surface area contributed by atoms with Crippen molar-refractivity contribution in [2.45, 2.75) is 12.0 Å². The molecule has 0 amide bonds. The minimum absolute atomic E-state index is 0.0362. The quantitative estimate of drug-likeness (QED) is 0.649. The number of nitro benzene ring substituents is 1. The fourth-order valence-electron chi connectivity index (χ4n) is 2.12. The predicted molar refractivity (Wildman–Crippen MR) is 71.5 cm³/mol. The highest BCUT2D eigenvalue weighted by atomic mass is 16.6. The van der Waals surface area contributed by atoms with Crippen molar-refractivity contribution in [1.82, 2.24) is 0 Å². The number of ether oxygens (including phenoxy) is 2. The van der Waals surface area contributed by atoms with Gasteiger partial charge in [0.1, 0.15) is 17.2 Å². The SMILES string of the molecule is COC1(CNc2ccc([N+](=O)[O-])c(C#N)c2)CCOC1. The summed E-state index contributed by atoms with van der Waals surface area (Å²) in [4.78, 5) is 10.2. The van der Waals surface area contributed by atoms with Crippen molar-refractivity contribution in [2.24, 2.45) is 0 Å². The fraction of sp³-hybridized carbons (Fsp3) is 0.462. The Morgan fingerprint density at radius 3 is 3.00 bits per heavy atom. The van der Waals surface area contributed by atoms with Crippen LogP contribution in [0.3, 0.4) is 0 Å². The molecule has 1 aromatic carbocycles. The van der Waals surface area contributed by atoms with Gasteiger partial charge >= 0.3 is 0 Å². The molecule has 20 heavy (non-hydrogen) atoms. The van der Waals surface area contributed by atoms with E-state index in [1.807, 2.05) is 6.07 Å². The third-order valence-electron chi connectivity index (χ3n) is 3.43. The molecule has 1 heterocycles. The number of methoxy groups -OCH3 is 1. The molecule has 2 rings (SSSR count). The maximum atomic E-state index is 10.8. The molecule has 106 valence electrons. The van der Waals surface area contributed by atoms with E-state index >= 15 is 0 Å². The van der Waals surface area contributed by atoms with Gasteiger partial charge in [-0.05, 0) is 12.1 Å². The third kappa shape index (κ3) is 2.87. The average molecular weight is 277 g/mol. The summed E-state index contributed by atoms with van der Waals surface area (Å²) in [7, 11) is 1.63. The lowest BCUT2D eigenvalue weighted by Crippen LogP contribution is -2.39. The second kappa shape index (κ2) is 5.86. The summed E-state index contributed by atoms with van der Waals surface area (Å²) < 4.78 is 10.8. The Bertz CT molecular complexity index is 547. The van der Waals surface area contributed by atoms with Crippen LogP contribution in [0.25, 0.3) is 0 Å². The van der Waals surface area contributed by atoms with E-state index in [0.717, 1.165) is 6.42 Å². The molecule has 1 saturated heterocycles. The van der Waals surface area contributed by atoms with Gasteiger partial charge in [-0.25, -0.2) is 0 Å². The number of nitriles is 1. The topological polar surface area (TPSA) is 97.4 Å². The molecule has 1 aromatic rings. The number of rotatable bonds is 5. The summed E-state index contributed by atoms with van der Waals surface area (Å²) in [6.45, 7) is 1.68. The lowest BCUT2D eigenvalue weighted by atomic mass is 10.0. The van der Waals surface area contributed by atoms with Crippen LogP contribution in [0.15, 0.2) is 18.2 Å². The molecular weight excluding hydrogens is 262 g/mol. The monoisotopic (exact) mass is 277 g/mol. The van der Waals surface area contributed by atoms with E-state index in [1.54, 1.807) is 13.2 Å². The van der Waals surface area contributed by atoms with Crippen LogP contribution in [0.4, 0.5) is 11.4 Å². The van der Waals surface area contributed by atoms with Crippen LogP contribution in [0.5, 0.6) is 0 Å². The third-order valence-corrected chi connectivity index (χ3v) is 3.43. The van der Waals surface area contributed by atoms with Gasteiger partial charge in [0.15, 0.2) is 0 Å². The van der Waals surface area contributed by atoms with Crippen LogP contribution in [-0.2, 0) is 9.47 Å². The van der Waals surface area contributed by atoms with Gasteiger partial charge in [-0.1, -0.05) is 0 Å². The highest BCUT2D eigenvalue weighted by Gasteiger charge is 2.34. The number of nitrogens with one attached hydrogen (secondary N) is 1. The fourth-order valence-corrected chi connectivity index (χ4v) is 2.12. The molecular formula is C13H15N3O4. The molecule has 0 saturated carbocycles. The van der Waals surface area contributed by atoms with Gasteiger partial charge in [-0.15, -0.1) is 0 Å². The van der Waals surface area contributed by atoms with Crippen LogP contribution < -0.4 is 5.32 Å². The molecule has 0 aromatic heterocycles. The second-order valence-corrected chi connectivity index (χ2v) is 4.64. The maximum Gasteiger partial charge on any atom is 0.287 e. The lowest BCUT2D eigenvalue weighted by Gasteiger charge is -2.26. The molecule has 0 spiro atoms. The average Bonchev–Trinajstić information content (AvgIpc) is 2.94. The van der Waals surface area contributed by atoms with Gasteiger partial charge in [0.05, 0.1) is 11.5 Å². The Balaban J connectivity index is 2.11. The highest BCUT2D eigenvalue weighted by molar-refractivity contribution is 5.58. The number of nitrogens with zero attached hydrogens (tertiary/aromatic N) is 2. The van der Waals surface area contributed by atoms with Gasteiger partial charge < -0.3 is 14.8 Å². The van der Waals surface area contributed by atoms with Crippen molar-refractivity contribution in [3.8, 4) is 6.07 Å². The first-order valence-corrected chi connectivity index (χ1v) is 6.15. The first-order chi connectivity index (χ1) is 9.60. The van der Waals surface area contributed by atoms with Crippen LogP contribution in [0.2, 0.25) is 0 Å². The van der Waals surface area contributed by atoms with E-state index < -0.39 is 4.92 Å². The van der Waals surface area contributed by atoms with Crippen LogP contribution in [0.1, 0.15) is 12.0 Å². The maximum absolute atomic E-state index is 10.8. The normalized spacial score (nSPS) is 21.4. The van der Waals surface area contributed by atoms with E-state index in [9.17, 15) is 10.1 Å². The zero-order valence-electron chi connectivity index (χ0n) is 11.1.